The fourth-order valence-electron chi connectivity index (χ4n) is 2.17. The van der Waals surface area contributed by atoms with E-state index in [1.54, 1.807) is 18.7 Å². The lowest BCUT2D eigenvalue weighted by atomic mass is 10.0. The van der Waals surface area contributed by atoms with E-state index in [-0.39, 0.29) is 11.9 Å². The Kier molecular flexibility index (Phi) is 3.00. The number of amides is 1. The van der Waals surface area contributed by atoms with Crippen molar-refractivity contribution in [3.8, 4) is 0 Å². The van der Waals surface area contributed by atoms with Gasteiger partial charge in [-0.15, -0.1) is 0 Å². The number of carbonyl (C=O) groups is 1. The zero-order valence-electron chi connectivity index (χ0n) is 10.6. The number of fused-ring (bicyclic) bond motifs is 1. The number of pyridine rings is 1. The second-order valence-corrected chi connectivity index (χ2v) is 4.65. The van der Waals surface area contributed by atoms with Crippen molar-refractivity contribution in [3.63, 3.8) is 0 Å². The number of imidazole rings is 1. The molecule has 0 saturated heterocycles. The molecule has 0 fully saturated rings. The molecule has 0 bridgehead atoms. The first-order valence-electron chi connectivity index (χ1n) is 6.20. The number of nitrogens with zero attached hydrogens (tertiary/aromatic N) is 2. The van der Waals surface area contributed by atoms with Crippen LogP contribution in [-0.4, -0.2) is 26.9 Å². The summed E-state index contributed by atoms with van der Waals surface area (Å²) in [6.07, 6.45) is 5.64. The maximum absolute atomic E-state index is 12.2. The van der Waals surface area contributed by atoms with Gasteiger partial charge in [-0.3, -0.25) is 15.1 Å². The highest BCUT2D eigenvalue weighted by molar-refractivity contribution is 5.95. The summed E-state index contributed by atoms with van der Waals surface area (Å²) in [5.41, 5.74) is 3.77. The van der Waals surface area contributed by atoms with Crippen LogP contribution in [0.2, 0.25) is 0 Å². The number of aryl methyl sites for hydroxylation is 1. The largest absolute Gasteiger partial charge is 0.347 e. The number of nitrogens with one attached hydrogen (secondary N) is 3. The van der Waals surface area contributed by atoms with Crippen LogP contribution in [0.3, 0.4) is 0 Å². The van der Waals surface area contributed by atoms with Gasteiger partial charge < -0.3 is 10.3 Å². The predicted molar refractivity (Wildman–Crippen MR) is 70.5 cm³/mol. The first-order valence-corrected chi connectivity index (χ1v) is 6.20. The summed E-state index contributed by atoms with van der Waals surface area (Å²) in [6.45, 7) is 2.58. The molecule has 6 nitrogen and oxygen atoms in total. The van der Waals surface area contributed by atoms with Crippen LogP contribution in [0.25, 0.3) is 0 Å². The van der Waals surface area contributed by atoms with Crippen LogP contribution >= 0.6 is 0 Å². The van der Waals surface area contributed by atoms with E-state index in [0.717, 1.165) is 22.6 Å². The van der Waals surface area contributed by atoms with Gasteiger partial charge in [0, 0.05) is 19.2 Å². The Balaban J connectivity index is 1.71. The lowest BCUT2D eigenvalue weighted by molar-refractivity contribution is -0.118. The van der Waals surface area contributed by atoms with Gasteiger partial charge in [-0.25, -0.2) is 4.98 Å². The van der Waals surface area contributed by atoms with Crippen molar-refractivity contribution in [3.05, 3.63) is 41.7 Å². The Hall–Kier alpha value is -2.21. The van der Waals surface area contributed by atoms with Crippen LogP contribution in [0.4, 0.5) is 5.69 Å². The quantitative estimate of drug-likeness (QED) is 0.742. The van der Waals surface area contributed by atoms with Crippen molar-refractivity contribution < 1.29 is 4.79 Å². The highest BCUT2D eigenvalue weighted by atomic mass is 16.2. The number of hydrogen-bond donors (Lipinski definition) is 3. The zero-order chi connectivity index (χ0) is 13.2. The number of H-pyrrole nitrogens is 1. The third-order valence-electron chi connectivity index (χ3n) is 3.34. The molecule has 1 aliphatic heterocycles. The molecule has 0 saturated carbocycles. The number of hydrogen-bond acceptors (Lipinski definition) is 4. The minimum atomic E-state index is -0.254. The van der Waals surface area contributed by atoms with E-state index in [9.17, 15) is 4.79 Å². The topological polar surface area (TPSA) is 82.7 Å². The van der Waals surface area contributed by atoms with Gasteiger partial charge in [0.2, 0.25) is 5.91 Å². The molecule has 1 atom stereocenters. The summed E-state index contributed by atoms with van der Waals surface area (Å²) in [7, 11) is 0. The summed E-state index contributed by atoms with van der Waals surface area (Å²) in [4.78, 5) is 23.5. The van der Waals surface area contributed by atoms with Crippen LogP contribution in [0, 0.1) is 6.92 Å². The van der Waals surface area contributed by atoms with Gasteiger partial charge >= 0.3 is 0 Å². The summed E-state index contributed by atoms with van der Waals surface area (Å²) < 4.78 is 0. The SMILES string of the molecule is Cc1ccncc1NC(=O)C1Cc2nc[nH]c2CN1. The summed E-state index contributed by atoms with van der Waals surface area (Å²) in [5, 5.41) is 6.10. The number of aromatic amines is 1. The molecule has 0 aliphatic carbocycles. The molecule has 3 heterocycles. The predicted octanol–water partition coefficient (Wildman–Crippen LogP) is 0.766. The zero-order valence-corrected chi connectivity index (χ0v) is 10.6. The van der Waals surface area contributed by atoms with Crippen LogP contribution in [0.15, 0.2) is 24.8 Å². The Labute approximate surface area is 110 Å². The molecule has 3 rings (SSSR count). The van der Waals surface area contributed by atoms with Gasteiger partial charge in [0.25, 0.3) is 0 Å². The molecule has 6 heteroatoms. The maximum atomic E-state index is 12.2. The second-order valence-electron chi connectivity index (χ2n) is 4.65. The van der Waals surface area contributed by atoms with Gasteiger partial charge in [0.05, 0.1) is 35.6 Å². The van der Waals surface area contributed by atoms with Crippen molar-refractivity contribution in [2.24, 2.45) is 0 Å². The van der Waals surface area contributed by atoms with E-state index in [1.165, 1.54) is 0 Å². The molecule has 0 aromatic carbocycles. The van der Waals surface area contributed by atoms with Gasteiger partial charge in [-0.05, 0) is 18.6 Å². The molecule has 2 aromatic rings. The smallest absolute Gasteiger partial charge is 0.241 e. The molecule has 0 spiro atoms. The Morgan fingerprint density at radius 1 is 1.53 bits per heavy atom. The molecule has 3 N–H and O–H groups in total. The summed E-state index contributed by atoms with van der Waals surface area (Å²) in [6, 6.07) is 1.62. The average molecular weight is 257 g/mol. The Morgan fingerprint density at radius 2 is 2.42 bits per heavy atom. The van der Waals surface area contributed by atoms with Crippen LogP contribution in [-0.2, 0) is 17.8 Å². The van der Waals surface area contributed by atoms with E-state index < -0.39 is 0 Å². The molecule has 2 aromatic heterocycles. The summed E-state index contributed by atoms with van der Waals surface area (Å²) in [5.74, 6) is -0.0512. The van der Waals surface area contributed by atoms with Gasteiger partial charge in [-0.2, -0.15) is 0 Å². The third-order valence-corrected chi connectivity index (χ3v) is 3.34. The normalized spacial score (nSPS) is 17.8. The van der Waals surface area contributed by atoms with Gasteiger partial charge in [0.1, 0.15) is 0 Å². The minimum absolute atomic E-state index is 0.0512. The first-order chi connectivity index (χ1) is 9.24. The van der Waals surface area contributed by atoms with Gasteiger partial charge in [0.15, 0.2) is 0 Å². The highest BCUT2D eigenvalue weighted by Gasteiger charge is 2.25. The molecule has 0 radical (unpaired) electrons. The number of rotatable bonds is 2. The summed E-state index contributed by atoms with van der Waals surface area (Å²) >= 11 is 0. The monoisotopic (exact) mass is 257 g/mol. The van der Waals surface area contributed by atoms with Crippen molar-refractivity contribution in [1.82, 2.24) is 20.3 Å². The fourth-order valence-corrected chi connectivity index (χ4v) is 2.17. The maximum Gasteiger partial charge on any atom is 0.241 e. The second kappa shape index (κ2) is 4.81. The van der Waals surface area contributed by atoms with Crippen LogP contribution < -0.4 is 10.6 Å². The van der Waals surface area contributed by atoms with Crippen LogP contribution in [0.5, 0.6) is 0 Å². The van der Waals surface area contributed by atoms with Crippen molar-refractivity contribution in [1.29, 1.82) is 0 Å². The molecular weight excluding hydrogens is 242 g/mol. The minimum Gasteiger partial charge on any atom is -0.347 e. The van der Waals surface area contributed by atoms with Crippen molar-refractivity contribution in [2.45, 2.75) is 25.9 Å². The number of anilines is 1. The standard InChI is InChI=1S/C13H15N5O/c1-8-2-3-14-5-11(8)18-13(19)10-4-9-12(6-15-10)17-7-16-9/h2-3,5,7,10,15H,4,6H2,1H3,(H,16,17)(H,18,19). The lowest BCUT2D eigenvalue weighted by Crippen LogP contribution is -2.44. The van der Waals surface area contributed by atoms with Crippen molar-refractivity contribution in [2.75, 3.05) is 5.32 Å². The Bertz CT molecular complexity index is 607. The van der Waals surface area contributed by atoms with E-state index in [0.29, 0.717) is 13.0 Å². The third kappa shape index (κ3) is 2.34. The molecule has 19 heavy (non-hydrogen) atoms. The number of aromatic nitrogens is 3. The molecule has 1 amide bonds. The lowest BCUT2D eigenvalue weighted by Gasteiger charge is -2.22. The average Bonchev–Trinajstić information content (AvgIpc) is 2.88. The molecule has 1 unspecified atom stereocenters. The first kappa shape index (κ1) is 11.9. The highest BCUT2D eigenvalue weighted by Crippen LogP contribution is 2.15. The molecule has 98 valence electrons. The van der Waals surface area contributed by atoms with Crippen molar-refractivity contribution >= 4 is 11.6 Å². The van der Waals surface area contributed by atoms with Crippen LogP contribution in [0.1, 0.15) is 17.0 Å². The fraction of sp³-hybridized carbons (Fsp3) is 0.308. The number of carbonyl (C=O) groups excluding carboxylic acids is 1. The van der Waals surface area contributed by atoms with Gasteiger partial charge in [-0.1, -0.05) is 0 Å². The van der Waals surface area contributed by atoms with E-state index in [4.69, 9.17) is 0 Å². The van der Waals surface area contributed by atoms with E-state index >= 15 is 0 Å². The molecule has 1 aliphatic rings. The molecular formula is C13H15N5O. The Morgan fingerprint density at radius 3 is 3.26 bits per heavy atom. The van der Waals surface area contributed by atoms with E-state index in [2.05, 4.69) is 25.6 Å². The van der Waals surface area contributed by atoms with E-state index in [1.807, 2.05) is 13.0 Å².